The molecule has 0 saturated carbocycles. The lowest BCUT2D eigenvalue weighted by atomic mass is 10.0. The van der Waals surface area contributed by atoms with E-state index in [4.69, 9.17) is 21.1 Å². The van der Waals surface area contributed by atoms with Crippen molar-refractivity contribution >= 4 is 17.4 Å². The van der Waals surface area contributed by atoms with Gasteiger partial charge in [-0.2, -0.15) is 0 Å². The van der Waals surface area contributed by atoms with Gasteiger partial charge in [0, 0.05) is 12.0 Å². The van der Waals surface area contributed by atoms with Gasteiger partial charge >= 0.3 is 0 Å². The minimum absolute atomic E-state index is 0.0755. The number of benzene rings is 1. The summed E-state index contributed by atoms with van der Waals surface area (Å²) in [7, 11) is 3.04. The number of halogens is 1. The Bertz CT molecular complexity index is 427. The number of hydrogen-bond acceptors (Lipinski definition) is 3. The van der Waals surface area contributed by atoms with E-state index in [1.807, 2.05) is 0 Å². The summed E-state index contributed by atoms with van der Waals surface area (Å²) in [5.74, 6) is 1.52. The van der Waals surface area contributed by atoms with Crippen molar-refractivity contribution in [2.24, 2.45) is 5.92 Å². The van der Waals surface area contributed by atoms with Crippen molar-refractivity contribution in [1.82, 2.24) is 0 Å². The highest BCUT2D eigenvalue weighted by Crippen LogP contribution is 2.36. The van der Waals surface area contributed by atoms with E-state index in [2.05, 4.69) is 13.8 Å². The lowest BCUT2D eigenvalue weighted by molar-refractivity contribution is 0.0975. The van der Waals surface area contributed by atoms with Crippen molar-refractivity contribution in [3.63, 3.8) is 0 Å². The standard InChI is InChI=1S/C14H19ClO3/c1-9(2)5-6-12(16)10-7-11(15)14(18-4)13(8-10)17-3/h7-9H,5-6H2,1-4H3. The summed E-state index contributed by atoms with van der Waals surface area (Å²) < 4.78 is 10.3. The van der Waals surface area contributed by atoms with Crippen molar-refractivity contribution in [3.05, 3.63) is 22.7 Å². The Kier molecular flexibility index (Phi) is 5.48. The van der Waals surface area contributed by atoms with Crippen molar-refractivity contribution in [2.75, 3.05) is 14.2 Å². The fourth-order valence-corrected chi connectivity index (χ4v) is 1.93. The molecule has 0 heterocycles. The third kappa shape index (κ3) is 3.64. The third-order valence-corrected chi connectivity index (χ3v) is 2.99. The van der Waals surface area contributed by atoms with E-state index in [1.54, 1.807) is 12.1 Å². The van der Waals surface area contributed by atoms with Crippen LogP contribution in [0.2, 0.25) is 5.02 Å². The molecule has 0 aliphatic rings. The van der Waals surface area contributed by atoms with Crippen molar-refractivity contribution < 1.29 is 14.3 Å². The highest BCUT2D eigenvalue weighted by atomic mass is 35.5. The van der Waals surface area contributed by atoms with E-state index in [0.717, 1.165) is 6.42 Å². The number of carbonyl (C=O) groups excluding carboxylic acids is 1. The molecule has 0 fully saturated rings. The molecule has 0 unspecified atom stereocenters. The first-order valence-corrected chi connectivity index (χ1v) is 6.32. The second-order valence-corrected chi connectivity index (χ2v) is 4.96. The number of hydrogen-bond donors (Lipinski definition) is 0. The van der Waals surface area contributed by atoms with Gasteiger partial charge in [-0.1, -0.05) is 25.4 Å². The van der Waals surface area contributed by atoms with Crippen LogP contribution in [0.25, 0.3) is 0 Å². The van der Waals surface area contributed by atoms with Gasteiger partial charge in [0.05, 0.1) is 19.2 Å². The maximum absolute atomic E-state index is 12.0. The van der Waals surface area contributed by atoms with Gasteiger partial charge in [0.2, 0.25) is 0 Å². The molecule has 0 aromatic heterocycles. The van der Waals surface area contributed by atoms with Crippen molar-refractivity contribution in [3.8, 4) is 11.5 Å². The van der Waals surface area contributed by atoms with Crippen LogP contribution in [-0.4, -0.2) is 20.0 Å². The molecule has 1 aromatic carbocycles. The molecular formula is C14H19ClO3. The van der Waals surface area contributed by atoms with E-state index in [-0.39, 0.29) is 5.78 Å². The molecule has 18 heavy (non-hydrogen) atoms. The summed E-state index contributed by atoms with van der Waals surface area (Å²) in [4.78, 5) is 12.0. The zero-order valence-electron chi connectivity index (χ0n) is 11.2. The van der Waals surface area contributed by atoms with Gasteiger partial charge in [-0.25, -0.2) is 0 Å². The van der Waals surface area contributed by atoms with E-state index >= 15 is 0 Å². The third-order valence-electron chi connectivity index (χ3n) is 2.70. The number of methoxy groups -OCH3 is 2. The zero-order valence-corrected chi connectivity index (χ0v) is 12.0. The molecule has 0 aliphatic carbocycles. The van der Waals surface area contributed by atoms with Gasteiger partial charge < -0.3 is 9.47 Å². The molecule has 0 aliphatic heterocycles. The minimum atomic E-state index is 0.0755. The Morgan fingerprint density at radius 3 is 2.44 bits per heavy atom. The molecule has 0 saturated heterocycles. The molecule has 4 heteroatoms. The molecule has 1 aromatic rings. The Morgan fingerprint density at radius 1 is 1.28 bits per heavy atom. The summed E-state index contributed by atoms with van der Waals surface area (Å²) in [6.07, 6.45) is 1.38. The second kappa shape index (κ2) is 6.64. The van der Waals surface area contributed by atoms with Gasteiger partial charge in [-0.3, -0.25) is 4.79 Å². The lowest BCUT2D eigenvalue weighted by Crippen LogP contribution is -2.03. The average molecular weight is 271 g/mol. The van der Waals surface area contributed by atoms with E-state index < -0.39 is 0 Å². The van der Waals surface area contributed by atoms with Crippen LogP contribution in [0.15, 0.2) is 12.1 Å². The highest BCUT2D eigenvalue weighted by molar-refractivity contribution is 6.32. The second-order valence-electron chi connectivity index (χ2n) is 4.55. The first kappa shape index (κ1) is 14.8. The molecule has 0 radical (unpaired) electrons. The van der Waals surface area contributed by atoms with E-state index in [0.29, 0.717) is 34.4 Å². The van der Waals surface area contributed by atoms with Gasteiger partial charge in [0.1, 0.15) is 0 Å². The average Bonchev–Trinajstić information content (AvgIpc) is 2.34. The SMILES string of the molecule is COc1cc(C(=O)CCC(C)C)cc(Cl)c1OC. The van der Waals surface area contributed by atoms with Gasteiger partial charge in [0.15, 0.2) is 17.3 Å². The van der Waals surface area contributed by atoms with Crippen LogP contribution in [-0.2, 0) is 0 Å². The molecule has 0 amide bonds. The number of ketones is 1. The molecular weight excluding hydrogens is 252 g/mol. The number of ether oxygens (including phenoxy) is 2. The summed E-state index contributed by atoms with van der Waals surface area (Å²) in [5, 5.41) is 0.393. The largest absolute Gasteiger partial charge is 0.493 e. The molecule has 0 atom stereocenters. The predicted octanol–water partition coefficient (Wildman–Crippen LogP) is 3.98. The quantitative estimate of drug-likeness (QED) is 0.734. The maximum Gasteiger partial charge on any atom is 0.179 e. The normalized spacial score (nSPS) is 10.6. The summed E-state index contributed by atoms with van der Waals surface area (Å²) in [6.45, 7) is 4.18. The summed E-state index contributed by atoms with van der Waals surface area (Å²) in [5.41, 5.74) is 0.568. The number of rotatable bonds is 6. The van der Waals surface area contributed by atoms with E-state index in [9.17, 15) is 4.79 Å². The Labute approximate surface area is 113 Å². The lowest BCUT2D eigenvalue weighted by Gasteiger charge is -2.11. The molecule has 0 spiro atoms. The van der Waals surface area contributed by atoms with Crippen LogP contribution in [0.1, 0.15) is 37.0 Å². The zero-order chi connectivity index (χ0) is 13.7. The highest BCUT2D eigenvalue weighted by Gasteiger charge is 2.15. The van der Waals surface area contributed by atoms with Crippen LogP contribution in [0.3, 0.4) is 0 Å². The van der Waals surface area contributed by atoms with E-state index in [1.165, 1.54) is 14.2 Å². The van der Waals surface area contributed by atoms with Gasteiger partial charge in [-0.05, 0) is 24.5 Å². The molecule has 0 bridgehead atoms. The monoisotopic (exact) mass is 270 g/mol. The fraction of sp³-hybridized carbons (Fsp3) is 0.500. The molecule has 0 N–H and O–H groups in total. The maximum atomic E-state index is 12.0. The Hall–Kier alpha value is -1.22. The van der Waals surface area contributed by atoms with Crippen LogP contribution in [0.4, 0.5) is 0 Å². The minimum Gasteiger partial charge on any atom is -0.493 e. The van der Waals surface area contributed by atoms with Crippen LogP contribution < -0.4 is 9.47 Å². The summed E-state index contributed by atoms with van der Waals surface area (Å²) in [6, 6.07) is 3.30. The van der Waals surface area contributed by atoms with Crippen LogP contribution in [0.5, 0.6) is 11.5 Å². The first-order valence-electron chi connectivity index (χ1n) is 5.94. The molecule has 1 rings (SSSR count). The van der Waals surface area contributed by atoms with Crippen molar-refractivity contribution in [1.29, 1.82) is 0 Å². The van der Waals surface area contributed by atoms with Crippen molar-refractivity contribution in [2.45, 2.75) is 26.7 Å². The predicted molar refractivity (Wildman–Crippen MR) is 73.0 cm³/mol. The Morgan fingerprint density at radius 2 is 1.94 bits per heavy atom. The molecule has 100 valence electrons. The van der Waals surface area contributed by atoms with Crippen LogP contribution in [0, 0.1) is 5.92 Å². The number of carbonyl (C=O) groups is 1. The fourth-order valence-electron chi connectivity index (χ4n) is 1.64. The van der Waals surface area contributed by atoms with Gasteiger partial charge in [-0.15, -0.1) is 0 Å². The van der Waals surface area contributed by atoms with Crippen LogP contribution >= 0.6 is 11.6 Å². The van der Waals surface area contributed by atoms with Gasteiger partial charge in [0.25, 0.3) is 0 Å². The Balaban J connectivity index is 2.97. The smallest absolute Gasteiger partial charge is 0.179 e. The molecule has 3 nitrogen and oxygen atoms in total. The topological polar surface area (TPSA) is 35.5 Å². The number of Topliss-reactive ketones (excluding diaryl/α,β-unsaturated/α-hetero) is 1. The first-order chi connectivity index (χ1) is 8.49. The summed E-state index contributed by atoms with van der Waals surface area (Å²) >= 11 is 6.06.